The topological polar surface area (TPSA) is 18.5 Å². The zero-order valence-corrected chi connectivity index (χ0v) is 11.3. The minimum Gasteiger partial charge on any atom is -0.318 e. The molecule has 1 aliphatic carbocycles. The highest BCUT2D eigenvalue weighted by molar-refractivity contribution is 4.95. The summed E-state index contributed by atoms with van der Waals surface area (Å²) in [6.45, 7) is 9.61. The third kappa shape index (κ3) is 2.96. The Balaban J connectivity index is 2.09. The molecular formula is C13H27N3. The Morgan fingerprint density at radius 2 is 1.94 bits per heavy atom. The van der Waals surface area contributed by atoms with Gasteiger partial charge in [0.2, 0.25) is 0 Å². The minimum absolute atomic E-state index is 0.430. The maximum Gasteiger partial charge on any atom is 0.0350 e. The number of hydrogen-bond donors (Lipinski definition) is 1. The number of hydrogen-bond acceptors (Lipinski definition) is 3. The summed E-state index contributed by atoms with van der Waals surface area (Å²) in [6.07, 6.45) is 2.83. The first-order valence-electron chi connectivity index (χ1n) is 6.61. The van der Waals surface area contributed by atoms with E-state index in [1.165, 1.54) is 32.5 Å². The molecule has 0 aromatic heterocycles. The average Bonchev–Trinajstić information content (AvgIpc) is 2.94. The van der Waals surface area contributed by atoms with Gasteiger partial charge in [-0.2, -0.15) is 0 Å². The van der Waals surface area contributed by atoms with Gasteiger partial charge in [0.1, 0.15) is 0 Å². The second kappa shape index (κ2) is 4.63. The fourth-order valence-electron chi connectivity index (χ4n) is 3.18. The quantitative estimate of drug-likeness (QED) is 0.773. The molecule has 0 bridgehead atoms. The van der Waals surface area contributed by atoms with Crippen LogP contribution in [0.25, 0.3) is 0 Å². The van der Waals surface area contributed by atoms with Crippen molar-refractivity contribution in [3.05, 3.63) is 0 Å². The molecule has 0 radical (unpaired) electrons. The second-order valence-electron chi connectivity index (χ2n) is 6.48. The van der Waals surface area contributed by atoms with E-state index in [2.05, 4.69) is 43.1 Å². The molecule has 1 saturated carbocycles. The lowest BCUT2D eigenvalue weighted by Crippen LogP contribution is -2.47. The summed E-state index contributed by atoms with van der Waals surface area (Å²) in [4.78, 5) is 5.27. The van der Waals surface area contributed by atoms with Crippen LogP contribution >= 0.6 is 0 Å². The van der Waals surface area contributed by atoms with Crippen molar-refractivity contribution in [1.82, 2.24) is 15.1 Å². The largest absolute Gasteiger partial charge is 0.318 e. The molecule has 2 aliphatic rings. The van der Waals surface area contributed by atoms with Crippen molar-refractivity contribution in [2.75, 3.05) is 40.3 Å². The molecule has 3 heteroatoms. The van der Waals surface area contributed by atoms with Gasteiger partial charge in [-0.15, -0.1) is 0 Å². The highest BCUT2D eigenvalue weighted by atomic mass is 15.3. The molecular weight excluding hydrogens is 198 g/mol. The molecule has 1 atom stereocenters. The number of rotatable bonds is 3. The summed E-state index contributed by atoms with van der Waals surface area (Å²) in [5.74, 6) is 0. The highest BCUT2D eigenvalue weighted by Gasteiger charge is 2.39. The van der Waals surface area contributed by atoms with Gasteiger partial charge in [-0.1, -0.05) is 13.8 Å². The highest BCUT2D eigenvalue weighted by Crippen LogP contribution is 2.34. The van der Waals surface area contributed by atoms with Crippen LogP contribution in [0, 0.1) is 5.41 Å². The summed E-state index contributed by atoms with van der Waals surface area (Å²) in [5, 5.41) is 3.36. The van der Waals surface area contributed by atoms with Crippen LogP contribution in [0.5, 0.6) is 0 Å². The molecule has 0 amide bonds. The van der Waals surface area contributed by atoms with E-state index >= 15 is 0 Å². The Morgan fingerprint density at radius 3 is 2.50 bits per heavy atom. The molecule has 0 aromatic rings. The van der Waals surface area contributed by atoms with Crippen LogP contribution in [0.2, 0.25) is 0 Å². The van der Waals surface area contributed by atoms with Gasteiger partial charge in [-0.3, -0.25) is 4.90 Å². The van der Waals surface area contributed by atoms with Crippen molar-refractivity contribution in [1.29, 1.82) is 0 Å². The lowest BCUT2D eigenvalue weighted by molar-refractivity contribution is 0.147. The predicted octanol–water partition coefficient (Wildman–Crippen LogP) is 1.01. The van der Waals surface area contributed by atoms with E-state index in [-0.39, 0.29) is 0 Å². The lowest BCUT2D eigenvalue weighted by Gasteiger charge is -2.33. The van der Waals surface area contributed by atoms with Crippen molar-refractivity contribution < 1.29 is 0 Å². The smallest absolute Gasteiger partial charge is 0.0350 e. The lowest BCUT2D eigenvalue weighted by atomic mass is 9.92. The maximum atomic E-state index is 3.36. The van der Waals surface area contributed by atoms with E-state index in [1.54, 1.807) is 0 Å². The Labute approximate surface area is 100 Å². The summed E-state index contributed by atoms with van der Waals surface area (Å²) < 4.78 is 0. The standard InChI is InChI=1S/C13H27N3/c1-13(2)9-15(4)8-12(7-14-3)16(10-13)11-5-6-11/h11-12,14H,5-10H2,1-4H3. The van der Waals surface area contributed by atoms with E-state index in [4.69, 9.17) is 0 Å². The van der Waals surface area contributed by atoms with E-state index in [9.17, 15) is 0 Å². The van der Waals surface area contributed by atoms with Crippen LogP contribution < -0.4 is 5.32 Å². The molecule has 16 heavy (non-hydrogen) atoms. The molecule has 94 valence electrons. The van der Waals surface area contributed by atoms with Crippen molar-refractivity contribution >= 4 is 0 Å². The molecule has 2 fully saturated rings. The summed E-state index contributed by atoms with van der Waals surface area (Å²) in [6, 6.07) is 1.58. The summed E-state index contributed by atoms with van der Waals surface area (Å²) >= 11 is 0. The Hall–Kier alpha value is -0.120. The average molecular weight is 225 g/mol. The van der Waals surface area contributed by atoms with E-state index < -0.39 is 0 Å². The van der Waals surface area contributed by atoms with Crippen LogP contribution in [-0.4, -0.2) is 62.2 Å². The van der Waals surface area contributed by atoms with Gasteiger partial charge >= 0.3 is 0 Å². The maximum absolute atomic E-state index is 3.36. The van der Waals surface area contributed by atoms with Gasteiger partial charge in [0.05, 0.1) is 0 Å². The van der Waals surface area contributed by atoms with Gasteiger partial charge in [-0.05, 0) is 32.4 Å². The van der Waals surface area contributed by atoms with E-state index in [0.29, 0.717) is 11.5 Å². The first-order valence-corrected chi connectivity index (χ1v) is 6.61. The molecule has 1 unspecified atom stereocenters. The third-order valence-corrected chi connectivity index (χ3v) is 3.76. The third-order valence-electron chi connectivity index (χ3n) is 3.76. The number of nitrogens with one attached hydrogen (secondary N) is 1. The monoisotopic (exact) mass is 225 g/mol. The van der Waals surface area contributed by atoms with Crippen molar-refractivity contribution in [2.45, 2.75) is 38.8 Å². The van der Waals surface area contributed by atoms with Gasteiger partial charge in [0, 0.05) is 38.3 Å². The molecule has 3 nitrogen and oxygen atoms in total. The fraction of sp³-hybridized carbons (Fsp3) is 1.00. The van der Waals surface area contributed by atoms with Gasteiger partial charge in [0.15, 0.2) is 0 Å². The molecule has 0 spiro atoms. The SMILES string of the molecule is CNCC1CN(C)CC(C)(C)CN1C1CC1. The Bertz CT molecular complexity index is 235. The normalized spacial score (nSPS) is 32.6. The van der Waals surface area contributed by atoms with E-state index in [1.807, 2.05) is 0 Å². The van der Waals surface area contributed by atoms with Crippen molar-refractivity contribution in [3.63, 3.8) is 0 Å². The first-order chi connectivity index (χ1) is 7.52. The Morgan fingerprint density at radius 1 is 1.25 bits per heavy atom. The van der Waals surface area contributed by atoms with Gasteiger partial charge in [-0.25, -0.2) is 0 Å². The second-order valence-corrected chi connectivity index (χ2v) is 6.48. The molecule has 1 aliphatic heterocycles. The van der Waals surface area contributed by atoms with Crippen LogP contribution in [0.1, 0.15) is 26.7 Å². The molecule has 0 aromatic carbocycles. The molecule has 2 rings (SSSR count). The van der Waals surface area contributed by atoms with Crippen LogP contribution in [-0.2, 0) is 0 Å². The summed E-state index contributed by atoms with van der Waals surface area (Å²) in [5.41, 5.74) is 0.430. The minimum atomic E-state index is 0.430. The van der Waals surface area contributed by atoms with Crippen LogP contribution in [0.4, 0.5) is 0 Å². The first kappa shape index (κ1) is 12.3. The van der Waals surface area contributed by atoms with Crippen LogP contribution in [0.3, 0.4) is 0 Å². The number of likely N-dealkylation sites (N-methyl/N-ethyl adjacent to an activating group) is 2. The zero-order valence-electron chi connectivity index (χ0n) is 11.3. The fourth-order valence-corrected chi connectivity index (χ4v) is 3.18. The van der Waals surface area contributed by atoms with Crippen molar-refractivity contribution in [3.8, 4) is 0 Å². The van der Waals surface area contributed by atoms with Crippen molar-refractivity contribution in [2.24, 2.45) is 5.41 Å². The predicted molar refractivity (Wildman–Crippen MR) is 68.7 cm³/mol. The Kier molecular flexibility index (Phi) is 3.57. The van der Waals surface area contributed by atoms with Crippen LogP contribution in [0.15, 0.2) is 0 Å². The number of nitrogens with zero attached hydrogens (tertiary/aromatic N) is 2. The van der Waals surface area contributed by atoms with Gasteiger partial charge < -0.3 is 10.2 Å². The molecule has 1 heterocycles. The van der Waals surface area contributed by atoms with Gasteiger partial charge in [0.25, 0.3) is 0 Å². The van der Waals surface area contributed by atoms with E-state index in [0.717, 1.165) is 12.6 Å². The summed E-state index contributed by atoms with van der Waals surface area (Å²) in [7, 11) is 4.34. The molecule has 1 saturated heterocycles. The molecule has 1 N–H and O–H groups in total. The zero-order chi connectivity index (χ0) is 11.8.